The molecule has 4 rings (SSSR count). The van der Waals surface area contributed by atoms with Crippen molar-refractivity contribution in [1.82, 2.24) is 19.7 Å². The maximum Gasteiger partial charge on any atom is 0.238 e. The lowest BCUT2D eigenvalue weighted by Gasteiger charge is -2.08. The highest BCUT2D eigenvalue weighted by Crippen LogP contribution is 2.22. The highest BCUT2D eigenvalue weighted by Gasteiger charge is 2.08. The van der Waals surface area contributed by atoms with Crippen LogP contribution in [0.15, 0.2) is 67.0 Å². The van der Waals surface area contributed by atoms with Gasteiger partial charge in [0, 0.05) is 17.4 Å². The summed E-state index contributed by atoms with van der Waals surface area (Å²) < 4.78 is 20.5. The normalized spacial score (nSPS) is 10.7. The van der Waals surface area contributed by atoms with Crippen molar-refractivity contribution in [3.8, 4) is 17.4 Å². The standard InChI is InChI=1S/C23H20FN5O2/c1-15-16(2)29(14-25-15)21-11-12-23(28-27-21)31-20-9-7-19(8-10-20)26-22(30)13-17-3-5-18(24)6-4-17/h3-12,14H,13H2,1-2H3,(H,26,30). The van der Waals surface area contributed by atoms with Crippen LogP contribution in [0.4, 0.5) is 10.1 Å². The Labute approximate surface area is 178 Å². The van der Waals surface area contributed by atoms with Crippen molar-refractivity contribution < 1.29 is 13.9 Å². The second-order valence-corrected chi connectivity index (χ2v) is 6.99. The van der Waals surface area contributed by atoms with E-state index in [1.54, 1.807) is 54.9 Å². The van der Waals surface area contributed by atoms with E-state index in [4.69, 9.17) is 4.74 Å². The van der Waals surface area contributed by atoms with Crippen molar-refractivity contribution in [3.63, 3.8) is 0 Å². The smallest absolute Gasteiger partial charge is 0.238 e. The lowest BCUT2D eigenvalue weighted by Crippen LogP contribution is -2.14. The molecule has 0 aliphatic rings. The number of anilines is 1. The lowest BCUT2D eigenvalue weighted by molar-refractivity contribution is -0.115. The molecule has 0 unspecified atom stereocenters. The maximum absolute atomic E-state index is 13.0. The van der Waals surface area contributed by atoms with E-state index in [9.17, 15) is 9.18 Å². The van der Waals surface area contributed by atoms with Gasteiger partial charge in [0.1, 0.15) is 17.9 Å². The number of imidazole rings is 1. The molecule has 1 N–H and O–H groups in total. The number of nitrogens with one attached hydrogen (secondary N) is 1. The summed E-state index contributed by atoms with van der Waals surface area (Å²) in [7, 11) is 0. The molecule has 0 spiro atoms. The molecule has 0 radical (unpaired) electrons. The van der Waals surface area contributed by atoms with Crippen LogP contribution in [-0.2, 0) is 11.2 Å². The van der Waals surface area contributed by atoms with Crippen molar-refractivity contribution in [1.29, 1.82) is 0 Å². The molecule has 7 nitrogen and oxygen atoms in total. The van der Waals surface area contributed by atoms with E-state index in [1.165, 1.54) is 12.1 Å². The van der Waals surface area contributed by atoms with Gasteiger partial charge in [-0.2, -0.15) is 0 Å². The van der Waals surface area contributed by atoms with Crippen LogP contribution >= 0.6 is 0 Å². The summed E-state index contributed by atoms with van der Waals surface area (Å²) in [5, 5.41) is 11.1. The first kappa shape index (κ1) is 20.2. The van der Waals surface area contributed by atoms with Gasteiger partial charge in [-0.15, -0.1) is 10.2 Å². The summed E-state index contributed by atoms with van der Waals surface area (Å²) in [6, 6.07) is 16.3. The molecule has 156 valence electrons. The minimum Gasteiger partial charge on any atom is -0.438 e. The van der Waals surface area contributed by atoms with Crippen LogP contribution in [0.5, 0.6) is 11.6 Å². The van der Waals surface area contributed by atoms with E-state index in [-0.39, 0.29) is 18.1 Å². The van der Waals surface area contributed by atoms with Crippen LogP contribution in [0.3, 0.4) is 0 Å². The summed E-state index contributed by atoms with van der Waals surface area (Å²) in [5.74, 6) is 1.06. The fraction of sp³-hybridized carbons (Fsp3) is 0.130. The highest BCUT2D eigenvalue weighted by atomic mass is 19.1. The van der Waals surface area contributed by atoms with E-state index in [2.05, 4.69) is 20.5 Å². The average Bonchev–Trinajstić information content (AvgIpc) is 3.10. The van der Waals surface area contributed by atoms with Crippen LogP contribution in [-0.4, -0.2) is 25.7 Å². The molecule has 2 aromatic heterocycles. The molecule has 0 saturated carbocycles. The zero-order valence-corrected chi connectivity index (χ0v) is 17.0. The Hall–Kier alpha value is -4.07. The van der Waals surface area contributed by atoms with E-state index in [0.717, 1.165) is 17.0 Å². The summed E-state index contributed by atoms with van der Waals surface area (Å²) in [5.41, 5.74) is 3.31. The SMILES string of the molecule is Cc1ncn(-c2ccc(Oc3ccc(NC(=O)Cc4ccc(F)cc4)cc3)nn2)c1C. The van der Waals surface area contributed by atoms with E-state index >= 15 is 0 Å². The third-order valence-corrected chi connectivity index (χ3v) is 4.76. The number of halogens is 1. The highest BCUT2D eigenvalue weighted by molar-refractivity contribution is 5.92. The Morgan fingerprint density at radius 2 is 1.74 bits per heavy atom. The molecule has 0 aliphatic carbocycles. The van der Waals surface area contributed by atoms with Crippen molar-refractivity contribution >= 4 is 11.6 Å². The van der Waals surface area contributed by atoms with Gasteiger partial charge in [0.15, 0.2) is 5.82 Å². The summed E-state index contributed by atoms with van der Waals surface area (Å²) in [6.07, 6.45) is 1.87. The molecule has 1 amide bonds. The molecule has 2 aromatic carbocycles. The second-order valence-electron chi connectivity index (χ2n) is 6.99. The van der Waals surface area contributed by atoms with E-state index in [0.29, 0.717) is 23.1 Å². The van der Waals surface area contributed by atoms with Gasteiger partial charge in [0.05, 0.1) is 12.1 Å². The topological polar surface area (TPSA) is 81.9 Å². The molecule has 0 fully saturated rings. The van der Waals surface area contributed by atoms with Gasteiger partial charge in [-0.1, -0.05) is 12.1 Å². The lowest BCUT2D eigenvalue weighted by atomic mass is 10.1. The third-order valence-electron chi connectivity index (χ3n) is 4.76. The molecular formula is C23H20FN5O2. The number of rotatable bonds is 6. The molecule has 0 saturated heterocycles. The molecule has 0 aliphatic heterocycles. The van der Waals surface area contributed by atoms with Crippen molar-refractivity contribution in [2.45, 2.75) is 20.3 Å². The number of amides is 1. The first-order chi connectivity index (χ1) is 15.0. The summed E-state index contributed by atoms with van der Waals surface area (Å²) >= 11 is 0. The quantitative estimate of drug-likeness (QED) is 0.503. The van der Waals surface area contributed by atoms with Gasteiger partial charge in [-0.05, 0) is 61.9 Å². The number of carbonyl (C=O) groups excluding carboxylic acids is 1. The Morgan fingerprint density at radius 1 is 1.00 bits per heavy atom. The van der Waals surface area contributed by atoms with Crippen LogP contribution < -0.4 is 10.1 Å². The molecule has 0 atom stereocenters. The van der Waals surface area contributed by atoms with Gasteiger partial charge in [-0.3, -0.25) is 9.36 Å². The number of carbonyl (C=O) groups is 1. The maximum atomic E-state index is 13.0. The molecule has 0 bridgehead atoms. The van der Waals surface area contributed by atoms with Crippen LogP contribution in [0, 0.1) is 19.7 Å². The molecule has 31 heavy (non-hydrogen) atoms. The molecular weight excluding hydrogens is 397 g/mol. The predicted molar refractivity (Wildman–Crippen MR) is 114 cm³/mol. The molecule has 2 heterocycles. The Balaban J connectivity index is 1.35. The third kappa shape index (κ3) is 4.92. The Bertz CT molecular complexity index is 1190. The number of hydrogen-bond acceptors (Lipinski definition) is 5. The van der Waals surface area contributed by atoms with Crippen molar-refractivity contribution in [2.24, 2.45) is 0 Å². The summed E-state index contributed by atoms with van der Waals surface area (Å²) in [4.78, 5) is 16.4. The Morgan fingerprint density at radius 3 is 2.35 bits per heavy atom. The van der Waals surface area contributed by atoms with Gasteiger partial charge >= 0.3 is 0 Å². The van der Waals surface area contributed by atoms with Crippen molar-refractivity contribution in [3.05, 3.63) is 89.8 Å². The van der Waals surface area contributed by atoms with Crippen LogP contribution in [0.1, 0.15) is 17.0 Å². The van der Waals surface area contributed by atoms with Gasteiger partial charge < -0.3 is 10.1 Å². The van der Waals surface area contributed by atoms with Gasteiger partial charge in [0.2, 0.25) is 11.8 Å². The fourth-order valence-corrected chi connectivity index (χ4v) is 2.95. The number of ether oxygens (including phenoxy) is 1. The van der Waals surface area contributed by atoms with Gasteiger partial charge in [-0.25, -0.2) is 9.37 Å². The summed E-state index contributed by atoms with van der Waals surface area (Å²) in [6.45, 7) is 3.90. The fourth-order valence-electron chi connectivity index (χ4n) is 2.95. The van der Waals surface area contributed by atoms with Crippen LogP contribution in [0.25, 0.3) is 5.82 Å². The van der Waals surface area contributed by atoms with Crippen LogP contribution in [0.2, 0.25) is 0 Å². The monoisotopic (exact) mass is 417 g/mol. The predicted octanol–water partition coefficient (Wildman–Crippen LogP) is 4.39. The Kier molecular flexibility index (Phi) is 5.70. The molecule has 4 aromatic rings. The number of aromatic nitrogens is 4. The first-order valence-corrected chi connectivity index (χ1v) is 9.65. The van der Waals surface area contributed by atoms with E-state index in [1.807, 2.05) is 18.4 Å². The number of aryl methyl sites for hydroxylation is 1. The molecule has 8 heteroatoms. The average molecular weight is 417 g/mol. The number of hydrogen-bond donors (Lipinski definition) is 1. The first-order valence-electron chi connectivity index (χ1n) is 9.65. The zero-order valence-electron chi connectivity index (χ0n) is 17.0. The largest absolute Gasteiger partial charge is 0.438 e. The minimum absolute atomic E-state index is 0.163. The number of nitrogens with zero attached hydrogens (tertiary/aromatic N) is 4. The number of benzene rings is 2. The van der Waals surface area contributed by atoms with E-state index < -0.39 is 0 Å². The second kappa shape index (κ2) is 8.74. The van der Waals surface area contributed by atoms with Gasteiger partial charge in [0.25, 0.3) is 0 Å². The minimum atomic E-state index is -0.328. The van der Waals surface area contributed by atoms with Crippen molar-refractivity contribution in [2.75, 3.05) is 5.32 Å². The zero-order chi connectivity index (χ0) is 21.8.